The second-order valence-electron chi connectivity index (χ2n) is 3.80. The number of halogens is 1. The molecular weight excluding hydrogens is 248 g/mol. The van der Waals surface area contributed by atoms with Gasteiger partial charge in [-0.05, 0) is 36.2 Å². The Morgan fingerprint density at radius 3 is 2.86 bits per heavy atom. The molecule has 0 unspecified atom stereocenters. The van der Waals surface area contributed by atoms with E-state index in [2.05, 4.69) is 20.9 Å². The van der Waals surface area contributed by atoms with Crippen LogP contribution in [-0.4, -0.2) is 20.3 Å². The van der Waals surface area contributed by atoms with Gasteiger partial charge in [-0.25, -0.2) is 4.98 Å². The van der Waals surface area contributed by atoms with Gasteiger partial charge in [-0.2, -0.15) is 0 Å². The molecule has 1 rings (SSSR count). The van der Waals surface area contributed by atoms with Gasteiger partial charge in [-0.1, -0.05) is 0 Å². The van der Waals surface area contributed by atoms with Gasteiger partial charge < -0.3 is 5.11 Å². The zero-order chi connectivity index (χ0) is 10.8. The van der Waals surface area contributed by atoms with Gasteiger partial charge in [-0.15, -0.1) is 0 Å². The highest BCUT2D eigenvalue weighted by Gasteiger charge is 2.12. The van der Waals surface area contributed by atoms with Crippen LogP contribution in [0.3, 0.4) is 0 Å². The lowest BCUT2D eigenvalue weighted by Crippen LogP contribution is -2.26. The third-order valence-electron chi connectivity index (χ3n) is 1.82. The van der Waals surface area contributed by atoms with Gasteiger partial charge in [-0.3, -0.25) is 9.36 Å². The second kappa shape index (κ2) is 4.23. The first-order valence-electron chi connectivity index (χ1n) is 4.32. The minimum Gasteiger partial charge on any atom is -0.390 e. The van der Waals surface area contributed by atoms with Crippen LogP contribution in [0.1, 0.15) is 20.3 Å². The van der Waals surface area contributed by atoms with Crippen molar-refractivity contribution in [1.29, 1.82) is 0 Å². The van der Waals surface area contributed by atoms with Crippen molar-refractivity contribution < 1.29 is 5.11 Å². The monoisotopic (exact) mass is 260 g/mol. The summed E-state index contributed by atoms with van der Waals surface area (Å²) >= 11 is 3.11. The summed E-state index contributed by atoms with van der Waals surface area (Å²) in [6.07, 6.45) is 3.45. The van der Waals surface area contributed by atoms with E-state index in [1.54, 1.807) is 13.8 Å². The smallest absolute Gasteiger partial charge is 0.267 e. The Labute approximate surface area is 90.7 Å². The van der Waals surface area contributed by atoms with Crippen molar-refractivity contribution >= 4 is 15.9 Å². The largest absolute Gasteiger partial charge is 0.390 e. The SMILES string of the molecule is CC(C)(O)CCn1cncc(Br)c1=O. The molecule has 0 fully saturated rings. The summed E-state index contributed by atoms with van der Waals surface area (Å²) in [6, 6.07) is 0. The van der Waals surface area contributed by atoms with E-state index in [0.29, 0.717) is 17.4 Å². The van der Waals surface area contributed by atoms with E-state index in [0.717, 1.165) is 0 Å². The molecular formula is C9H13BrN2O2. The molecule has 0 aromatic carbocycles. The Bertz CT molecular complexity index is 368. The van der Waals surface area contributed by atoms with E-state index in [9.17, 15) is 9.90 Å². The lowest BCUT2D eigenvalue weighted by molar-refractivity contribution is 0.0658. The Morgan fingerprint density at radius 2 is 2.29 bits per heavy atom. The van der Waals surface area contributed by atoms with Crippen LogP contribution in [0.15, 0.2) is 21.8 Å². The van der Waals surface area contributed by atoms with Crippen LogP contribution >= 0.6 is 15.9 Å². The number of hydrogen-bond acceptors (Lipinski definition) is 3. The Morgan fingerprint density at radius 1 is 1.64 bits per heavy atom. The first-order valence-corrected chi connectivity index (χ1v) is 5.12. The minimum atomic E-state index is -0.762. The molecule has 0 bridgehead atoms. The second-order valence-corrected chi connectivity index (χ2v) is 4.66. The summed E-state index contributed by atoms with van der Waals surface area (Å²) < 4.78 is 1.91. The summed E-state index contributed by atoms with van der Waals surface area (Å²) in [6.45, 7) is 3.89. The highest BCUT2D eigenvalue weighted by molar-refractivity contribution is 9.10. The zero-order valence-electron chi connectivity index (χ0n) is 8.20. The average Bonchev–Trinajstić information content (AvgIpc) is 2.06. The third-order valence-corrected chi connectivity index (χ3v) is 2.37. The molecule has 78 valence electrons. The average molecular weight is 261 g/mol. The molecule has 4 nitrogen and oxygen atoms in total. The molecule has 14 heavy (non-hydrogen) atoms. The fourth-order valence-corrected chi connectivity index (χ4v) is 1.32. The van der Waals surface area contributed by atoms with Crippen molar-refractivity contribution in [3.63, 3.8) is 0 Å². The number of aryl methyl sites for hydroxylation is 1. The topological polar surface area (TPSA) is 55.1 Å². The fourth-order valence-electron chi connectivity index (χ4n) is 0.977. The third kappa shape index (κ3) is 3.23. The maximum Gasteiger partial charge on any atom is 0.267 e. The van der Waals surface area contributed by atoms with Crippen LogP contribution in [0.2, 0.25) is 0 Å². The number of aliphatic hydroxyl groups is 1. The molecule has 1 aromatic heterocycles. The molecule has 0 radical (unpaired) electrons. The highest BCUT2D eigenvalue weighted by atomic mass is 79.9. The van der Waals surface area contributed by atoms with Gasteiger partial charge in [0.2, 0.25) is 0 Å². The van der Waals surface area contributed by atoms with Crippen molar-refractivity contribution in [3.05, 3.63) is 27.4 Å². The first-order chi connectivity index (χ1) is 6.40. The molecule has 0 spiro atoms. The summed E-state index contributed by atoms with van der Waals surface area (Å²) in [5.41, 5.74) is -0.883. The number of hydrogen-bond donors (Lipinski definition) is 1. The number of nitrogens with zero attached hydrogens (tertiary/aromatic N) is 2. The molecule has 0 atom stereocenters. The van der Waals surface area contributed by atoms with E-state index in [1.807, 2.05) is 0 Å². The first kappa shape index (κ1) is 11.4. The van der Waals surface area contributed by atoms with Gasteiger partial charge in [0.25, 0.3) is 5.56 Å². The van der Waals surface area contributed by atoms with Crippen LogP contribution in [0.4, 0.5) is 0 Å². The van der Waals surface area contributed by atoms with Crippen LogP contribution < -0.4 is 5.56 Å². The van der Waals surface area contributed by atoms with Crippen LogP contribution in [0.25, 0.3) is 0 Å². The van der Waals surface area contributed by atoms with Crippen molar-refractivity contribution in [1.82, 2.24) is 9.55 Å². The number of aromatic nitrogens is 2. The molecule has 1 heterocycles. The van der Waals surface area contributed by atoms with E-state index in [1.165, 1.54) is 17.1 Å². The lowest BCUT2D eigenvalue weighted by Gasteiger charge is -2.17. The molecule has 1 aromatic rings. The fraction of sp³-hybridized carbons (Fsp3) is 0.556. The van der Waals surface area contributed by atoms with E-state index < -0.39 is 5.60 Å². The molecule has 5 heteroatoms. The van der Waals surface area contributed by atoms with E-state index in [4.69, 9.17) is 0 Å². The lowest BCUT2D eigenvalue weighted by atomic mass is 10.1. The molecule has 0 aliphatic heterocycles. The minimum absolute atomic E-state index is 0.121. The quantitative estimate of drug-likeness (QED) is 0.888. The Kier molecular flexibility index (Phi) is 3.44. The Hall–Kier alpha value is -0.680. The van der Waals surface area contributed by atoms with Gasteiger partial charge in [0, 0.05) is 12.7 Å². The normalized spacial score (nSPS) is 11.7. The van der Waals surface area contributed by atoms with E-state index >= 15 is 0 Å². The maximum atomic E-state index is 11.5. The van der Waals surface area contributed by atoms with Crippen LogP contribution in [-0.2, 0) is 6.54 Å². The van der Waals surface area contributed by atoms with Crippen molar-refractivity contribution in [2.75, 3.05) is 0 Å². The standard InChI is InChI=1S/C9H13BrN2O2/c1-9(2,14)3-4-12-6-11-5-7(10)8(12)13/h5-6,14H,3-4H2,1-2H3. The van der Waals surface area contributed by atoms with Crippen molar-refractivity contribution in [2.24, 2.45) is 0 Å². The molecule has 1 N–H and O–H groups in total. The van der Waals surface area contributed by atoms with Gasteiger partial charge in [0.15, 0.2) is 0 Å². The van der Waals surface area contributed by atoms with Gasteiger partial charge >= 0.3 is 0 Å². The predicted molar refractivity (Wildman–Crippen MR) is 57.1 cm³/mol. The van der Waals surface area contributed by atoms with Crippen LogP contribution in [0.5, 0.6) is 0 Å². The summed E-state index contributed by atoms with van der Waals surface area (Å²) in [5, 5.41) is 9.49. The van der Waals surface area contributed by atoms with E-state index in [-0.39, 0.29) is 5.56 Å². The molecule has 0 aliphatic rings. The van der Waals surface area contributed by atoms with Gasteiger partial charge in [0.05, 0.1) is 11.9 Å². The van der Waals surface area contributed by atoms with Crippen molar-refractivity contribution in [3.8, 4) is 0 Å². The molecule has 0 saturated heterocycles. The molecule has 0 amide bonds. The summed E-state index contributed by atoms with van der Waals surface area (Å²) in [4.78, 5) is 15.4. The predicted octanol–water partition coefficient (Wildman–Crippen LogP) is 1.17. The molecule has 0 aliphatic carbocycles. The van der Waals surface area contributed by atoms with Crippen LogP contribution in [0, 0.1) is 0 Å². The maximum absolute atomic E-state index is 11.5. The summed E-state index contributed by atoms with van der Waals surface area (Å²) in [5.74, 6) is 0. The summed E-state index contributed by atoms with van der Waals surface area (Å²) in [7, 11) is 0. The van der Waals surface area contributed by atoms with Crippen molar-refractivity contribution in [2.45, 2.75) is 32.4 Å². The number of rotatable bonds is 3. The Balaban J connectivity index is 2.78. The zero-order valence-corrected chi connectivity index (χ0v) is 9.78. The molecule has 0 saturated carbocycles. The highest BCUT2D eigenvalue weighted by Crippen LogP contribution is 2.08. The van der Waals surface area contributed by atoms with Gasteiger partial charge in [0.1, 0.15) is 4.47 Å².